The summed E-state index contributed by atoms with van der Waals surface area (Å²) in [5.74, 6) is 3.04. The van der Waals surface area contributed by atoms with Crippen LogP contribution in [0.1, 0.15) is 37.7 Å². The molecule has 0 radical (unpaired) electrons. The van der Waals surface area contributed by atoms with E-state index in [4.69, 9.17) is 9.72 Å². The molecule has 46 heavy (non-hydrogen) atoms. The molecule has 4 fully saturated rings. The van der Waals surface area contributed by atoms with Crippen molar-refractivity contribution >= 4 is 53.3 Å². The van der Waals surface area contributed by atoms with E-state index in [1.807, 2.05) is 18.2 Å². The summed E-state index contributed by atoms with van der Waals surface area (Å²) in [5.41, 5.74) is 0.833. The number of piperazine rings is 1. The number of hydrogen-bond donors (Lipinski definition) is 2. The van der Waals surface area contributed by atoms with E-state index >= 15 is 4.39 Å². The summed E-state index contributed by atoms with van der Waals surface area (Å²) in [6, 6.07) is 9.35. The third kappa shape index (κ3) is 5.09. The van der Waals surface area contributed by atoms with Gasteiger partial charge in [0.25, 0.3) is 6.08 Å². The first-order chi connectivity index (χ1) is 22.3. The van der Waals surface area contributed by atoms with Crippen LogP contribution in [0, 0.1) is 15.2 Å². The quantitative estimate of drug-likeness (QED) is 0.218. The van der Waals surface area contributed by atoms with Gasteiger partial charge >= 0.3 is 187 Å². The number of aromatic hydroxyl groups is 1. The maximum atomic E-state index is 16.9. The Morgan fingerprint density at radius 1 is 1.17 bits per heavy atom. The fourth-order valence-corrected chi connectivity index (χ4v) is 8.53. The fraction of sp³-hybridized carbons (Fsp3) is 0.382. The average molecular weight is 816 g/mol. The molecule has 2 aromatic carbocycles. The number of nitrogens with zero attached hydrogens (tertiary/aromatic N) is 5. The summed E-state index contributed by atoms with van der Waals surface area (Å²) in [7, 11) is 0. The Balaban J connectivity index is 1.26. The molecule has 0 amide bonds. The van der Waals surface area contributed by atoms with Crippen LogP contribution >= 0.6 is 0 Å². The van der Waals surface area contributed by atoms with Crippen molar-refractivity contribution < 1.29 is 23.0 Å². The van der Waals surface area contributed by atoms with E-state index in [1.54, 1.807) is 12.3 Å². The third-order valence-corrected chi connectivity index (χ3v) is 10.5. The second kappa shape index (κ2) is 11.6. The fourth-order valence-electron chi connectivity index (χ4n) is 7.93. The molecule has 232 valence electrons. The molecule has 12 heteroatoms. The van der Waals surface area contributed by atoms with E-state index in [1.165, 1.54) is 6.07 Å². The van der Waals surface area contributed by atoms with Gasteiger partial charge in [-0.05, 0) is 38.6 Å². The Morgan fingerprint density at radius 2 is 2.00 bits per heavy atom. The predicted molar refractivity (Wildman–Crippen MR) is 170 cm³/mol. The number of hydrogen-bond acceptors (Lipinski definition) is 8. The van der Waals surface area contributed by atoms with Crippen LogP contribution in [0.25, 0.3) is 32.9 Å². The van der Waals surface area contributed by atoms with Gasteiger partial charge < -0.3 is 5.32 Å². The summed E-state index contributed by atoms with van der Waals surface area (Å²) in [4.78, 5) is 18.2. The topological polar surface area (TPSA) is 86.6 Å². The minimum absolute atomic E-state index is 0.00746. The normalized spacial score (nSPS) is 24.0. The molecular weight excluding hydrogens is 786 g/mol. The molecule has 2 bridgehead atoms. The van der Waals surface area contributed by atoms with Gasteiger partial charge in [-0.2, -0.15) is 8.78 Å². The first-order valence-corrected chi connectivity index (χ1v) is 17.8. The molecule has 8 nitrogen and oxygen atoms in total. The zero-order valence-corrected chi connectivity index (χ0v) is 29.5. The monoisotopic (exact) mass is 816 g/mol. The number of ether oxygens (including phenoxy) is 1. The van der Waals surface area contributed by atoms with Crippen LogP contribution in [-0.2, 0) is 0 Å². The van der Waals surface area contributed by atoms with Crippen molar-refractivity contribution in [2.24, 2.45) is 0 Å². The predicted octanol–water partition coefficient (Wildman–Crippen LogP) is 4.88. The Kier molecular flexibility index (Phi) is 7.57. The summed E-state index contributed by atoms with van der Waals surface area (Å²) in [6.45, 7) is 2.48. The minimum atomic E-state index is -1.62. The molecule has 8 rings (SSSR count). The Bertz CT molecular complexity index is 1980. The molecule has 4 aliphatic rings. The second-order valence-electron chi connectivity index (χ2n) is 12.8. The number of nitrogens with one attached hydrogen (secondary N) is 1. The average Bonchev–Trinajstić information content (AvgIpc) is 3.71. The molecule has 2 N–H and O–H groups in total. The van der Waals surface area contributed by atoms with E-state index in [9.17, 15) is 13.9 Å². The number of rotatable bonds is 5. The number of phenolic OH excluding ortho intramolecular Hbond substituents is 1. The molecule has 4 aromatic rings. The van der Waals surface area contributed by atoms with Crippen molar-refractivity contribution in [1.29, 1.82) is 0 Å². The van der Waals surface area contributed by atoms with Gasteiger partial charge in [-0.25, -0.2) is 0 Å². The zero-order valence-electron chi connectivity index (χ0n) is 25.0. The Morgan fingerprint density at radius 3 is 2.78 bits per heavy atom. The van der Waals surface area contributed by atoms with Crippen LogP contribution in [0.5, 0.6) is 11.8 Å². The van der Waals surface area contributed by atoms with Crippen LogP contribution < -0.4 is 15.0 Å². The number of pyridine rings is 1. The third-order valence-electron chi connectivity index (χ3n) is 9.99. The van der Waals surface area contributed by atoms with Gasteiger partial charge in [0.1, 0.15) is 0 Å². The summed E-state index contributed by atoms with van der Waals surface area (Å²) in [6.07, 6.45) is 3.95. The SMILES string of the molecule is Oc1cc(-c2ncc3c(N4CC5CCC(C4)N5)nc(OCC45CCCN4CC(=C(F)F)C5)nc3c2F)c2c(C#[C][Tl])cccc2c1. The standard InChI is InChI=1S/C34H30F3N6O2.Tl/c1-2-19-5-3-6-20-11-24(44)12-25(27(19)20)29-28(35)30-26(14-38-29)32(42-16-22-7-8-23(17-42)39-22)41-33(40-30)45-18-34-9-4-10-43(34)15-21(13-34)31(36)37;/h3,5-6,11-12,14,22-23,39,44H,4,7-10,13,15-18H2;. The van der Waals surface area contributed by atoms with Gasteiger partial charge in [-0.15, -0.1) is 0 Å². The van der Waals surface area contributed by atoms with E-state index in [0.717, 1.165) is 43.2 Å². The van der Waals surface area contributed by atoms with Crippen molar-refractivity contribution in [3.05, 3.63) is 59.6 Å². The van der Waals surface area contributed by atoms with Crippen LogP contribution in [-0.4, -0.2) is 101 Å². The number of aromatic nitrogens is 3. The van der Waals surface area contributed by atoms with Crippen molar-refractivity contribution in [3.8, 4) is 32.4 Å². The van der Waals surface area contributed by atoms with Gasteiger partial charge in [0.15, 0.2) is 0 Å². The van der Waals surface area contributed by atoms with Gasteiger partial charge in [-0.3, -0.25) is 4.90 Å². The molecule has 6 heterocycles. The van der Waals surface area contributed by atoms with E-state index in [2.05, 4.69) is 34.5 Å². The number of anilines is 1. The molecule has 2 aromatic heterocycles. The van der Waals surface area contributed by atoms with Crippen LogP contribution in [0.15, 0.2) is 48.2 Å². The van der Waals surface area contributed by atoms with Crippen molar-refractivity contribution in [1.82, 2.24) is 25.2 Å². The molecule has 0 aliphatic carbocycles. The first kappa shape index (κ1) is 29.9. The van der Waals surface area contributed by atoms with Crippen molar-refractivity contribution in [3.63, 3.8) is 0 Å². The molecule has 0 saturated carbocycles. The Hall–Kier alpha value is -3.48. The van der Waals surface area contributed by atoms with E-state index in [-0.39, 0.29) is 48.1 Å². The summed E-state index contributed by atoms with van der Waals surface area (Å²) in [5, 5.41) is 16.1. The van der Waals surface area contributed by atoms with Crippen LogP contribution in [0.3, 0.4) is 0 Å². The zero-order chi connectivity index (χ0) is 31.6. The van der Waals surface area contributed by atoms with Crippen LogP contribution in [0.4, 0.5) is 19.0 Å². The van der Waals surface area contributed by atoms with Crippen molar-refractivity contribution in [2.75, 3.05) is 37.7 Å². The van der Waals surface area contributed by atoms with Gasteiger partial charge in [0.2, 0.25) is 0 Å². The molecule has 4 saturated heterocycles. The number of halogens is 3. The van der Waals surface area contributed by atoms with Gasteiger partial charge in [-0.1, -0.05) is 0 Å². The van der Waals surface area contributed by atoms with Crippen LogP contribution in [0.2, 0.25) is 0 Å². The molecule has 0 spiro atoms. The number of phenols is 1. The first-order valence-electron chi connectivity index (χ1n) is 15.6. The number of benzene rings is 2. The molecule has 3 atom stereocenters. The van der Waals surface area contributed by atoms with Crippen molar-refractivity contribution in [2.45, 2.75) is 49.7 Å². The Labute approximate surface area is 279 Å². The van der Waals surface area contributed by atoms with Gasteiger partial charge in [0, 0.05) is 24.2 Å². The van der Waals surface area contributed by atoms with Gasteiger partial charge in [0.05, 0.1) is 5.54 Å². The van der Waals surface area contributed by atoms with E-state index in [0.29, 0.717) is 73.1 Å². The molecule has 3 unspecified atom stereocenters. The molecule has 4 aliphatic heterocycles. The molecular formula is C34H30F3N6O2Tl. The maximum absolute atomic E-state index is 16.9. The van der Waals surface area contributed by atoms with E-state index < -0.39 is 17.4 Å². The summed E-state index contributed by atoms with van der Waals surface area (Å²) < 4.78 is 53.4. The summed E-state index contributed by atoms with van der Waals surface area (Å²) >= 11 is 0.462. The second-order valence-corrected chi connectivity index (χ2v) is 13.9. The number of fused-ring (bicyclic) bond motifs is 5.